The number of esters is 1. The van der Waals surface area contributed by atoms with Crippen molar-refractivity contribution in [3.8, 4) is 22.6 Å². The summed E-state index contributed by atoms with van der Waals surface area (Å²) >= 11 is 1.29. The average molecular weight is 409 g/mol. The van der Waals surface area contributed by atoms with E-state index in [9.17, 15) is 9.59 Å². The van der Waals surface area contributed by atoms with Crippen LogP contribution in [0.5, 0.6) is 11.5 Å². The zero-order valence-corrected chi connectivity index (χ0v) is 16.6. The number of hydrogen-bond acceptors (Lipinski definition) is 6. The van der Waals surface area contributed by atoms with Gasteiger partial charge in [0.1, 0.15) is 18.1 Å². The molecule has 0 saturated heterocycles. The van der Waals surface area contributed by atoms with E-state index in [0.29, 0.717) is 35.3 Å². The number of amides is 1. The topological polar surface area (TPSA) is 73.9 Å². The highest BCUT2D eigenvalue weighted by Crippen LogP contribution is 2.32. The largest absolute Gasteiger partial charge is 0.486 e. The van der Waals surface area contributed by atoms with Crippen molar-refractivity contribution in [1.29, 1.82) is 0 Å². The highest BCUT2D eigenvalue weighted by atomic mass is 32.1. The lowest BCUT2D eigenvalue weighted by molar-refractivity contribution is -0.119. The van der Waals surface area contributed by atoms with Gasteiger partial charge in [-0.3, -0.25) is 4.79 Å². The fraction of sp³-hybridized carbons (Fsp3) is 0.182. The molecule has 1 aliphatic rings. The molecule has 1 aliphatic heterocycles. The number of carbonyl (C=O) groups is 2. The molecule has 0 atom stereocenters. The van der Waals surface area contributed by atoms with Gasteiger partial charge in [-0.2, -0.15) is 0 Å². The van der Waals surface area contributed by atoms with E-state index in [-0.39, 0.29) is 6.61 Å². The molecule has 0 aliphatic carbocycles. The molecule has 2 aromatic carbocycles. The summed E-state index contributed by atoms with van der Waals surface area (Å²) in [5.41, 5.74) is 3.42. The quantitative estimate of drug-likeness (QED) is 0.637. The molecule has 29 heavy (non-hydrogen) atoms. The van der Waals surface area contributed by atoms with Crippen LogP contribution in [0.1, 0.15) is 15.2 Å². The van der Waals surface area contributed by atoms with Crippen LogP contribution in [0.2, 0.25) is 0 Å². The van der Waals surface area contributed by atoms with E-state index in [2.05, 4.69) is 5.32 Å². The normalized spacial score (nSPS) is 12.3. The Bertz CT molecular complexity index is 1040. The molecule has 0 fully saturated rings. The van der Waals surface area contributed by atoms with E-state index in [0.717, 1.165) is 16.7 Å². The summed E-state index contributed by atoms with van der Waals surface area (Å²) in [5, 5.41) is 4.53. The molecule has 3 aromatic rings. The smallest absolute Gasteiger partial charge is 0.349 e. The molecule has 0 spiro atoms. The van der Waals surface area contributed by atoms with E-state index < -0.39 is 11.9 Å². The number of carbonyl (C=O) groups excluding carboxylic acids is 2. The Labute approximate surface area is 172 Å². The zero-order chi connectivity index (χ0) is 20.2. The van der Waals surface area contributed by atoms with Crippen molar-refractivity contribution in [3.05, 3.63) is 64.4 Å². The maximum atomic E-state index is 12.5. The molecule has 6 nitrogen and oxygen atoms in total. The highest BCUT2D eigenvalue weighted by Gasteiger charge is 2.18. The first-order valence-electron chi connectivity index (χ1n) is 9.11. The van der Waals surface area contributed by atoms with E-state index in [1.54, 1.807) is 18.2 Å². The van der Waals surface area contributed by atoms with Crippen molar-refractivity contribution in [2.24, 2.45) is 0 Å². The molecule has 0 unspecified atom stereocenters. The first-order valence-corrected chi connectivity index (χ1v) is 9.99. The molecular formula is C22H19NO5S. The van der Waals surface area contributed by atoms with Crippen LogP contribution in [-0.4, -0.2) is 31.7 Å². The van der Waals surface area contributed by atoms with Crippen molar-refractivity contribution in [1.82, 2.24) is 0 Å². The van der Waals surface area contributed by atoms with Crippen molar-refractivity contribution in [2.45, 2.75) is 6.92 Å². The van der Waals surface area contributed by atoms with Gasteiger partial charge in [-0.05, 0) is 36.1 Å². The molecular weight excluding hydrogens is 390 g/mol. The molecule has 7 heteroatoms. The van der Waals surface area contributed by atoms with Crippen LogP contribution in [0, 0.1) is 6.92 Å². The van der Waals surface area contributed by atoms with Gasteiger partial charge < -0.3 is 19.5 Å². The minimum atomic E-state index is -0.520. The van der Waals surface area contributed by atoms with Gasteiger partial charge in [0, 0.05) is 17.3 Å². The van der Waals surface area contributed by atoms with Gasteiger partial charge in [-0.15, -0.1) is 11.3 Å². The van der Waals surface area contributed by atoms with Gasteiger partial charge in [0.05, 0.1) is 0 Å². The number of fused-ring (bicyclic) bond motifs is 1. The van der Waals surface area contributed by atoms with Gasteiger partial charge >= 0.3 is 5.97 Å². The summed E-state index contributed by atoms with van der Waals surface area (Å²) < 4.78 is 16.2. The second-order valence-electron chi connectivity index (χ2n) is 6.51. The Morgan fingerprint density at radius 2 is 1.79 bits per heavy atom. The first kappa shape index (κ1) is 19.0. The van der Waals surface area contributed by atoms with Crippen LogP contribution in [0.25, 0.3) is 11.1 Å². The van der Waals surface area contributed by atoms with Crippen LogP contribution < -0.4 is 14.8 Å². The summed E-state index contributed by atoms with van der Waals surface area (Å²) in [6.07, 6.45) is 0. The van der Waals surface area contributed by atoms with Crippen molar-refractivity contribution < 1.29 is 23.8 Å². The molecule has 148 valence electrons. The summed E-state index contributed by atoms with van der Waals surface area (Å²) in [4.78, 5) is 25.2. The number of nitrogens with one attached hydrogen (secondary N) is 1. The minimum Gasteiger partial charge on any atom is -0.486 e. The van der Waals surface area contributed by atoms with Crippen LogP contribution in [0.4, 0.5) is 5.69 Å². The Hall–Kier alpha value is -3.32. The van der Waals surface area contributed by atoms with Gasteiger partial charge in [0.2, 0.25) is 0 Å². The van der Waals surface area contributed by atoms with Crippen molar-refractivity contribution in [2.75, 3.05) is 25.1 Å². The fourth-order valence-electron chi connectivity index (χ4n) is 2.94. The van der Waals surface area contributed by atoms with Gasteiger partial charge in [-0.1, -0.05) is 29.8 Å². The van der Waals surface area contributed by atoms with Crippen molar-refractivity contribution >= 4 is 28.9 Å². The van der Waals surface area contributed by atoms with Crippen LogP contribution in [0.15, 0.2) is 53.9 Å². The maximum absolute atomic E-state index is 12.5. The van der Waals surface area contributed by atoms with E-state index >= 15 is 0 Å². The van der Waals surface area contributed by atoms with Crippen LogP contribution in [0.3, 0.4) is 0 Å². The van der Waals surface area contributed by atoms with E-state index in [1.807, 2.05) is 42.6 Å². The molecule has 2 heterocycles. The Morgan fingerprint density at radius 3 is 2.59 bits per heavy atom. The Balaban J connectivity index is 1.37. The SMILES string of the molecule is Cc1ccc(-c2ccsc2C(=O)OCC(=O)Nc2ccc3c(c2)OCCO3)cc1. The maximum Gasteiger partial charge on any atom is 0.349 e. The summed E-state index contributed by atoms with van der Waals surface area (Å²) in [6.45, 7) is 2.60. The summed E-state index contributed by atoms with van der Waals surface area (Å²) in [7, 11) is 0. The lowest BCUT2D eigenvalue weighted by Gasteiger charge is -2.19. The fourth-order valence-corrected chi connectivity index (χ4v) is 3.75. The third-order valence-electron chi connectivity index (χ3n) is 4.37. The second kappa shape index (κ2) is 8.36. The molecule has 0 saturated carbocycles. The number of hydrogen-bond donors (Lipinski definition) is 1. The predicted octanol–water partition coefficient (Wildman–Crippen LogP) is 4.29. The monoisotopic (exact) mass is 409 g/mol. The van der Waals surface area contributed by atoms with E-state index in [1.165, 1.54) is 11.3 Å². The third-order valence-corrected chi connectivity index (χ3v) is 5.27. The highest BCUT2D eigenvalue weighted by molar-refractivity contribution is 7.12. The van der Waals surface area contributed by atoms with Gasteiger partial charge in [0.25, 0.3) is 5.91 Å². The van der Waals surface area contributed by atoms with Crippen LogP contribution >= 0.6 is 11.3 Å². The average Bonchev–Trinajstić information content (AvgIpc) is 3.22. The third kappa shape index (κ3) is 4.41. The van der Waals surface area contributed by atoms with Gasteiger partial charge in [0.15, 0.2) is 18.1 Å². The van der Waals surface area contributed by atoms with E-state index in [4.69, 9.17) is 14.2 Å². The molecule has 1 N–H and O–H groups in total. The molecule has 0 radical (unpaired) electrons. The lowest BCUT2D eigenvalue weighted by atomic mass is 10.1. The number of benzene rings is 2. The standard InChI is InChI=1S/C22H19NO5S/c1-14-2-4-15(5-3-14)17-8-11-29-21(17)22(25)28-13-20(24)23-16-6-7-18-19(12-16)27-10-9-26-18/h2-8,11-12H,9-10,13H2,1H3,(H,23,24). The Morgan fingerprint density at radius 1 is 1.03 bits per heavy atom. The number of anilines is 1. The van der Waals surface area contributed by atoms with Crippen LogP contribution in [-0.2, 0) is 9.53 Å². The Kier molecular flexibility index (Phi) is 5.48. The lowest BCUT2D eigenvalue weighted by Crippen LogP contribution is -2.21. The molecule has 0 bridgehead atoms. The molecule has 4 rings (SSSR count). The predicted molar refractivity (Wildman–Crippen MR) is 111 cm³/mol. The second-order valence-corrected chi connectivity index (χ2v) is 7.43. The summed E-state index contributed by atoms with van der Waals surface area (Å²) in [5.74, 6) is 0.269. The molecule has 1 amide bonds. The van der Waals surface area contributed by atoms with Gasteiger partial charge in [-0.25, -0.2) is 4.79 Å². The first-order chi connectivity index (χ1) is 14.1. The molecule has 1 aromatic heterocycles. The summed E-state index contributed by atoms with van der Waals surface area (Å²) in [6, 6.07) is 14.9. The number of aryl methyl sites for hydroxylation is 1. The number of thiophene rings is 1. The minimum absolute atomic E-state index is 0.376. The zero-order valence-electron chi connectivity index (χ0n) is 15.8. The number of rotatable bonds is 5. The van der Waals surface area contributed by atoms with Crippen molar-refractivity contribution in [3.63, 3.8) is 0 Å². The number of ether oxygens (including phenoxy) is 3.